The minimum absolute atomic E-state index is 0.0740. The van der Waals surface area contributed by atoms with Gasteiger partial charge >= 0.3 is 0 Å². The predicted octanol–water partition coefficient (Wildman–Crippen LogP) is -0.0994. The van der Waals surface area contributed by atoms with Gasteiger partial charge in [-0.15, -0.1) is 0 Å². The molecule has 1 saturated heterocycles. The number of aromatic carboxylic acids is 1. The van der Waals surface area contributed by atoms with Crippen LogP contribution >= 0.6 is 11.8 Å². The fourth-order valence-electron chi connectivity index (χ4n) is 1.17. The third-order valence-corrected chi connectivity index (χ3v) is 2.79. The van der Waals surface area contributed by atoms with Crippen LogP contribution in [-0.4, -0.2) is 22.8 Å². The number of nitrogens with zero attached hydrogens (tertiary/aromatic N) is 1. The average Bonchev–Trinajstić information content (AvgIpc) is 2.65. The zero-order chi connectivity index (χ0) is 11.5. The van der Waals surface area contributed by atoms with Crippen molar-refractivity contribution in [2.45, 2.75) is 0 Å². The van der Waals surface area contributed by atoms with Crippen molar-refractivity contribution in [1.29, 1.82) is 0 Å². The Morgan fingerprint density at radius 2 is 2.06 bits per heavy atom. The molecule has 0 atom stereocenters. The topological polar surface area (TPSA) is 81.6 Å². The second-order valence-corrected chi connectivity index (χ2v) is 4.05. The molecule has 5 nitrogen and oxygen atoms in total. The lowest BCUT2D eigenvalue weighted by Crippen LogP contribution is -2.21. The van der Waals surface area contributed by atoms with E-state index < -0.39 is 5.97 Å². The van der Waals surface area contributed by atoms with Crippen molar-refractivity contribution in [3.63, 3.8) is 0 Å². The van der Waals surface area contributed by atoms with E-state index in [-0.39, 0.29) is 11.5 Å². The molecule has 16 heavy (non-hydrogen) atoms. The molecule has 1 N–H and O–H groups in total. The van der Waals surface area contributed by atoms with Crippen LogP contribution < -0.4 is 10.4 Å². The van der Waals surface area contributed by atoms with Gasteiger partial charge in [0.1, 0.15) is 0 Å². The fraction of sp³-hybridized carbons (Fsp3) is 0.100. The third-order valence-electron chi connectivity index (χ3n) is 1.92. The zero-order valence-electron chi connectivity index (χ0n) is 8.10. The summed E-state index contributed by atoms with van der Waals surface area (Å²) in [6.07, 6.45) is 0. The van der Waals surface area contributed by atoms with Gasteiger partial charge in [-0.3, -0.25) is 4.79 Å². The van der Waals surface area contributed by atoms with Crippen LogP contribution in [0.1, 0.15) is 10.4 Å². The van der Waals surface area contributed by atoms with Crippen LogP contribution in [0.2, 0.25) is 0 Å². The number of carboxylic acid groups (broad SMARTS) is 1. The summed E-state index contributed by atoms with van der Waals surface area (Å²) in [5.41, 5.74) is 0.696. The number of rotatable bonds is 2. The monoisotopic (exact) mass is 235 g/mol. The molecule has 82 valence electrons. The van der Waals surface area contributed by atoms with Crippen molar-refractivity contribution in [3.8, 4) is 0 Å². The van der Waals surface area contributed by atoms with Gasteiger partial charge < -0.3 is 15.2 Å². The Hall–Kier alpha value is -1.82. The van der Waals surface area contributed by atoms with Crippen molar-refractivity contribution >= 4 is 34.5 Å². The molecule has 1 heterocycles. The van der Waals surface area contributed by atoms with Crippen LogP contribution in [0.15, 0.2) is 29.3 Å². The Kier molecular flexibility index (Phi) is 2.91. The largest absolute Gasteiger partial charge is 0.545 e. The molecule has 0 radical (unpaired) electrons. The van der Waals surface area contributed by atoms with Crippen LogP contribution in [0.5, 0.6) is 0 Å². The quantitative estimate of drug-likeness (QED) is 0.776. The third kappa shape index (κ3) is 2.40. The van der Waals surface area contributed by atoms with E-state index in [1.165, 1.54) is 23.9 Å². The Balaban J connectivity index is 2.16. The van der Waals surface area contributed by atoms with E-state index in [1.54, 1.807) is 12.1 Å². The van der Waals surface area contributed by atoms with Crippen LogP contribution in [0.25, 0.3) is 0 Å². The zero-order valence-corrected chi connectivity index (χ0v) is 8.91. The maximum absolute atomic E-state index is 10.9. The molecule has 0 unspecified atom stereocenters. The van der Waals surface area contributed by atoms with Crippen LogP contribution in [0.4, 0.5) is 5.69 Å². The first-order valence-electron chi connectivity index (χ1n) is 4.48. The first kappa shape index (κ1) is 10.7. The van der Waals surface area contributed by atoms with Crippen LogP contribution in [-0.2, 0) is 4.79 Å². The van der Waals surface area contributed by atoms with Gasteiger partial charge in [0.2, 0.25) is 5.91 Å². The second kappa shape index (κ2) is 4.36. The highest BCUT2D eigenvalue weighted by molar-refractivity contribution is 8.15. The van der Waals surface area contributed by atoms with Crippen molar-refractivity contribution < 1.29 is 14.7 Å². The predicted molar refractivity (Wildman–Crippen MR) is 58.5 cm³/mol. The highest BCUT2D eigenvalue weighted by Crippen LogP contribution is 2.17. The fourth-order valence-corrected chi connectivity index (χ4v) is 1.87. The first-order valence-corrected chi connectivity index (χ1v) is 5.46. The van der Waals surface area contributed by atoms with Gasteiger partial charge in [-0.25, -0.2) is 4.99 Å². The van der Waals surface area contributed by atoms with Gasteiger partial charge in [0.05, 0.1) is 17.4 Å². The van der Waals surface area contributed by atoms with Crippen molar-refractivity contribution in [2.75, 3.05) is 5.75 Å². The number of aliphatic imine (C=N–C) groups is 1. The van der Waals surface area contributed by atoms with Crippen molar-refractivity contribution in [1.82, 2.24) is 5.32 Å². The van der Waals surface area contributed by atoms with E-state index in [1.807, 2.05) is 0 Å². The summed E-state index contributed by atoms with van der Waals surface area (Å²) in [4.78, 5) is 25.5. The second-order valence-electron chi connectivity index (χ2n) is 3.09. The molecule has 6 heteroatoms. The van der Waals surface area contributed by atoms with Gasteiger partial charge in [-0.2, -0.15) is 0 Å². The molecule has 1 aromatic rings. The molecule has 1 fully saturated rings. The van der Waals surface area contributed by atoms with E-state index in [4.69, 9.17) is 0 Å². The summed E-state index contributed by atoms with van der Waals surface area (Å²) in [7, 11) is 0. The van der Waals surface area contributed by atoms with E-state index in [0.717, 1.165) is 0 Å². The SMILES string of the molecule is O=C1CSC(=Nc2ccc(C(=O)[O-])cc2)N1. The standard InChI is InChI=1S/C10H8N2O3S/c13-8-5-16-10(12-8)11-7-3-1-6(2-4-7)9(14)15/h1-4H,5H2,(H,14,15)(H,11,12,13)/p-1. The molecule has 1 amide bonds. The molecule has 1 aliphatic heterocycles. The number of carbonyl (C=O) groups excluding carboxylic acids is 2. The van der Waals surface area contributed by atoms with Crippen molar-refractivity contribution in [3.05, 3.63) is 29.8 Å². The number of carbonyl (C=O) groups is 2. The average molecular weight is 235 g/mol. The molecule has 0 aliphatic carbocycles. The Labute approximate surface area is 95.6 Å². The first-order chi connectivity index (χ1) is 7.65. The summed E-state index contributed by atoms with van der Waals surface area (Å²) < 4.78 is 0. The molecule has 1 aliphatic rings. The molecular weight excluding hydrogens is 228 g/mol. The number of hydrogen-bond acceptors (Lipinski definition) is 5. The van der Waals surface area contributed by atoms with Gasteiger partial charge in [-0.05, 0) is 17.7 Å². The van der Waals surface area contributed by atoms with Crippen molar-refractivity contribution in [2.24, 2.45) is 4.99 Å². The number of thioether (sulfide) groups is 1. The Bertz CT molecular complexity index is 467. The van der Waals surface area contributed by atoms with Gasteiger partial charge in [0, 0.05) is 0 Å². The number of nitrogens with one attached hydrogen (secondary N) is 1. The summed E-state index contributed by atoms with van der Waals surface area (Å²) in [6.45, 7) is 0. The summed E-state index contributed by atoms with van der Waals surface area (Å²) in [5.74, 6) is -0.923. The maximum atomic E-state index is 10.9. The smallest absolute Gasteiger partial charge is 0.236 e. The van der Waals surface area contributed by atoms with Crippen LogP contribution in [0.3, 0.4) is 0 Å². The van der Waals surface area contributed by atoms with E-state index in [9.17, 15) is 14.7 Å². The molecule has 1 aromatic carbocycles. The van der Waals surface area contributed by atoms with Gasteiger partial charge in [-0.1, -0.05) is 23.9 Å². The lowest BCUT2D eigenvalue weighted by atomic mass is 10.2. The van der Waals surface area contributed by atoms with E-state index >= 15 is 0 Å². The molecule has 0 saturated carbocycles. The number of amides is 1. The minimum Gasteiger partial charge on any atom is -0.545 e. The highest BCUT2D eigenvalue weighted by atomic mass is 32.2. The molecule has 0 spiro atoms. The lowest BCUT2D eigenvalue weighted by molar-refractivity contribution is -0.255. The highest BCUT2D eigenvalue weighted by Gasteiger charge is 2.16. The van der Waals surface area contributed by atoms with E-state index in [2.05, 4.69) is 10.3 Å². The maximum Gasteiger partial charge on any atom is 0.236 e. The molecule has 0 bridgehead atoms. The van der Waals surface area contributed by atoms with Gasteiger partial charge in [0.15, 0.2) is 5.17 Å². The summed E-state index contributed by atoms with van der Waals surface area (Å²) in [6, 6.07) is 5.94. The number of carboxylic acids is 1. The number of hydrogen-bond donors (Lipinski definition) is 1. The normalized spacial score (nSPS) is 17.5. The minimum atomic E-state index is -1.22. The molecule has 2 rings (SSSR count). The number of amidine groups is 1. The molecule has 0 aromatic heterocycles. The van der Waals surface area contributed by atoms with Gasteiger partial charge in [0.25, 0.3) is 0 Å². The Morgan fingerprint density at radius 1 is 1.38 bits per heavy atom. The number of benzene rings is 1. The summed E-state index contributed by atoms with van der Waals surface area (Å²) >= 11 is 1.32. The van der Waals surface area contributed by atoms with E-state index in [0.29, 0.717) is 16.6 Å². The Morgan fingerprint density at radius 3 is 2.56 bits per heavy atom. The lowest BCUT2D eigenvalue weighted by Gasteiger charge is -2.02. The molecular formula is C10H7N2O3S-. The summed E-state index contributed by atoms with van der Waals surface area (Å²) in [5, 5.41) is 13.6. The van der Waals surface area contributed by atoms with Crippen LogP contribution in [0, 0.1) is 0 Å².